The molecule has 12 heavy (non-hydrogen) atoms. The Morgan fingerprint density at radius 1 is 1.83 bits per heavy atom. The lowest BCUT2D eigenvalue weighted by molar-refractivity contribution is -0.144. The molecule has 4 nitrogen and oxygen atoms in total. The Labute approximate surface area is 70.6 Å². The first-order valence-electron chi connectivity index (χ1n) is 3.93. The molecule has 4 heteroatoms. The second-order valence-electron chi connectivity index (χ2n) is 2.60. The van der Waals surface area contributed by atoms with Crippen molar-refractivity contribution in [3.63, 3.8) is 0 Å². The molecule has 0 aromatic rings. The van der Waals surface area contributed by atoms with E-state index in [1.807, 2.05) is 0 Å². The summed E-state index contributed by atoms with van der Waals surface area (Å²) in [6.45, 7) is 2.10. The van der Waals surface area contributed by atoms with E-state index in [2.05, 4.69) is 4.99 Å². The quantitative estimate of drug-likeness (QED) is 0.448. The van der Waals surface area contributed by atoms with E-state index in [0.29, 0.717) is 13.0 Å². The Morgan fingerprint density at radius 2 is 2.58 bits per heavy atom. The molecule has 1 rings (SSSR count). The van der Waals surface area contributed by atoms with Crippen molar-refractivity contribution in [2.24, 2.45) is 10.9 Å². The van der Waals surface area contributed by atoms with Gasteiger partial charge in [-0.25, -0.2) is 4.79 Å². The van der Waals surface area contributed by atoms with Crippen molar-refractivity contribution in [1.29, 1.82) is 0 Å². The molecule has 1 aliphatic rings. The van der Waals surface area contributed by atoms with Gasteiger partial charge in [0, 0.05) is 6.21 Å². The van der Waals surface area contributed by atoms with Crippen LogP contribution in [0.5, 0.6) is 0 Å². The predicted octanol–water partition coefficient (Wildman–Crippen LogP) is 0.208. The Bertz CT molecular complexity index is 212. The van der Waals surface area contributed by atoms with Crippen LogP contribution in [0.1, 0.15) is 13.3 Å². The summed E-state index contributed by atoms with van der Waals surface area (Å²) in [6.07, 6.45) is 2.76. The van der Waals surface area contributed by atoms with Gasteiger partial charge in [-0.2, -0.15) is 0 Å². The van der Waals surface area contributed by atoms with Gasteiger partial charge in [0.1, 0.15) is 12.3 Å². The van der Waals surface area contributed by atoms with Gasteiger partial charge >= 0.3 is 5.97 Å². The number of carbonyl (C=O) groups excluding carboxylic acids is 2. The lowest BCUT2D eigenvalue weighted by atomic mass is 10.1. The minimum Gasteiger partial charge on any atom is -0.464 e. The van der Waals surface area contributed by atoms with E-state index < -0.39 is 6.04 Å². The van der Waals surface area contributed by atoms with E-state index in [-0.39, 0.29) is 11.9 Å². The third-order valence-corrected chi connectivity index (χ3v) is 1.69. The molecule has 0 amide bonds. The second kappa shape index (κ2) is 3.99. The van der Waals surface area contributed by atoms with Crippen LogP contribution in [0.25, 0.3) is 0 Å². The van der Waals surface area contributed by atoms with Crippen molar-refractivity contribution < 1.29 is 14.3 Å². The van der Waals surface area contributed by atoms with Crippen molar-refractivity contribution in [2.75, 3.05) is 6.61 Å². The normalized spacial score (nSPS) is 27.1. The molecule has 0 aliphatic carbocycles. The maximum absolute atomic E-state index is 11.1. The van der Waals surface area contributed by atoms with Crippen LogP contribution in [0.3, 0.4) is 0 Å². The SMILES string of the molecule is CCOC(=O)C1CC(C=O)C=N1. The van der Waals surface area contributed by atoms with Gasteiger partial charge in [0.05, 0.1) is 12.5 Å². The molecule has 0 aromatic carbocycles. The number of carbonyl (C=O) groups is 2. The summed E-state index contributed by atoms with van der Waals surface area (Å²) >= 11 is 0. The maximum Gasteiger partial charge on any atom is 0.330 e. The molecule has 1 heterocycles. The van der Waals surface area contributed by atoms with Crippen molar-refractivity contribution in [2.45, 2.75) is 19.4 Å². The largest absolute Gasteiger partial charge is 0.464 e. The van der Waals surface area contributed by atoms with E-state index in [1.165, 1.54) is 6.21 Å². The highest BCUT2D eigenvalue weighted by Gasteiger charge is 2.26. The van der Waals surface area contributed by atoms with Crippen LogP contribution in [-0.2, 0) is 14.3 Å². The van der Waals surface area contributed by atoms with Crippen molar-refractivity contribution in [1.82, 2.24) is 0 Å². The number of ether oxygens (including phenoxy) is 1. The van der Waals surface area contributed by atoms with Gasteiger partial charge < -0.3 is 9.53 Å². The van der Waals surface area contributed by atoms with Crippen LogP contribution in [0, 0.1) is 5.92 Å². The van der Waals surface area contributed by atoms with Crippen LogP contribution in [0.4, 0.5) is 0 Å². The van der Waals surface area contributed by atoms with Crippen LogP contribution < -0.4 is 0 Å². The summed E-state index contributed by atoms with van der Waals surface area (Å²) in [5, 5.41) is 0. The van der Waals surface area contributed by atoms with E-state index in [9.17, 15) is 9.59 Å². The molecule has 66 valence electrons. The lowest BCUT2D eigenvalue weighted by Crippen LogP contribution is -2.20. The minimum absolute atomic E-state index is 0.209. The van der Waals surface area contributed by atoms with Gasteiger partial charge in [-0.1, -0.05) is 0 Å². The molecule has 0 N–H and O–H groups in total. The summed E-state index contributed by atoms with van der Waals surface area (Å²) in [4.78, 5) is 25.2. The average Bonchev–Trinajstić information content (AvgIpc) is 2.52. The fourth-order valence-corrected chi connectivity index (χ4v) is 1.08. The van der Waals surface area contributed by atoms with Crippen LogP contribution >= 0.6 is 0 Å². The predicted molar refractivity (Wildman–Crippen MR) is 43.1 cm³/mol. The monoisotopic (exact) mass is 169 g/mol. The molecule has 0 saturated heterocycles. The van der Waals surface area contributed by atoms with E-state index >= 15 is 0 Å². The minimum atomic E-state index is -0.458. The van der Waals surface area contributed by atoms with Gasteiger partial charge in [-0.15, -0.1) is 0 Å². The highest BCUT2D eigenvalue weighted by molar-refractivity contribution is 5.88. The van der Waals surface area contributed by atoms with Crippen LogP contribution in [0.2, 0.25) is 0 Å². The van der Waals surface area contributed by atoms with E-state index in [4.69, 9.17) is 4.74 Å². The molecule has 0 spiro atoms. The number of rotatable bonds is 3. The first-order chi connectivity index (χ1) is 5.77. The van der Waals surface area contributed by atoms with Crippen molar-refractivity contribution >= 4 is 18.5 Å². The van der Waals surface area contributed by atoms with E-state index in [1.54, 1.807) is 6.92 Å². The Kier molecular flexibility index (Phi) is 2.96. The smallest absolute Gasteiger partial charge is 0.330 e. The summed E-state index contributed by atoms with van der Waals surface area (Å²) < 4.78 is 4.75. The third kappa shape index (κ3) is 1.90. The number of hydrogen-bond acceptors (Lipinski definition) is 4. The average molecular weight is 169 g/mol. The van der Waals surface area contributed by atoms with Crippen LogP contribution in [0.15, 0.2) is 4.99 Å². The van der Waals surface area contributed by atoms with E-state index in [0.717, 1.165) is 6.29 Å². The molecule has 0 radical (unpaired) electrons. The van der Waals surface area contributed by atoms with Crippen LogP contribution in [-0.4, -0.2) is 31.1 Å². The number of esters is 1. The van der Waals surface area contributed by atoms with Crippen molar-refractivity contribution in [3.05, 3.63) is 0 Å². The van der Waals surface area contributed by atoms with Gasteiger partial charge in [-0.3, -0.25) is 4.99 Å². The Morgan fingerprint density at radius 3 is 3.08 bits per heavy atom. The Balaban J connectivity index is 2.42. The molecule has 0 aromatic heterocycles. The lowest BCUT2D eigenvalue weighted by Gasteiger charge is -2.05. The molecule has 0 bridgehead atoms. The zero-order valence-corrected chi connectivity index (χ0v) is 6.90. The van der Waals surface area contributed by atoms with Gasteiger partial charge in [0.2, 0.25) is 0 Å². The summed E-state index contributed by atoms with van der Waals surface area (Å²) in [5.41, 5.74) is 0. The second-order valence-corrected chi connectivity index (χ2v) is 2.60. The number of aliphatic imine (C=N–C) groups is 1. The molecule has 1 aliphatic heterocycles. The highest BCUT2D eigenvalue weighted by atomic mass is 16.5. The summed E-state index contributed by atoms with van der Waals surface area (Å²) in [5.74, 6) is -0.544. The first kappa shape index (κ1) is 8.90. The zero-order valence-electron chi connectivity index (χ0n) is 6.90. The number of aldehydes is 1. The fourth-order valence-electron chi connectivity index (χ4n) is 1.08. The molecular weight excluding hydrogens is 158 g/mol. The first-order valence-corrected chi connectivity index (χ1v) is 3.93. The van der Waals surface area contributed by atoms with Gasteiger partial charge in [-0.05, 0) is 13.3 Å². The maximum atomic E-state index is 11.1. The molecule has 0 fully saturated rings. The zero-order chi connectivity index (χ0) is 8.97. The van der Waals surface area contributed by atoms with Gasteiger partial charge in [0.25, 0.3) is 0 Å². The summed E-state index contributed by atoms with van der Waals surface area (Å²) in [7, 11) is 0. The number of hydrogen-bond donors (Lipinski definition) is 0. The molecule has 0 saturated carbocycles. The number of nitrogens with zero attached hydrogens (tertiary/aromatic N) is 1. The highest BCUT2D eigenvalue weighted by Crippen LogP contribution is 2.14. The summed E-state index contributed by atoms with van der Waals surface area (Å²) in [6, 6.07) is -0.458. The van der Waals surface area contributed by atoms with Gasteiger partial charge in [0.15, 0.2) is 0 Å². The Hall–Kier alpha value is -1.19. The molecular formula is C8H11NO3. The standard InChI is InChI=1S/C8H11NO3/c1-2-12-8(11)7-3-6(5-10)4-9-7/h4-7H,2-3H2,1H3. The third-order valence-electron chi connectivity index (χ3n) is 1.69. The fraction of sp³-hybridized carbons (Fsp3) is 0.625. The topological polar surface area (TPSA) is 55.7 Å². The molecule has 2 atom stereocenters. The molecule has 2 unspecified atom stereocenters. The van der Waals surface area contributed by atoms with Crippen molar-refractivity contribution in [3.8, 4) is 0 Å².